The summed E-state index contributed by atoms with van der Waals surface area (Å²) >= 11 is 0. The van der Waals surface area contributed by atoms with E-state index in [-0.39, 0.29) is 37.7 Å². The number of hydrogen-bond acceptors (Lipinski definition) is 6. The van der Waals surface area contributed by atoms with Crippen LogP contribution in [0.25, 0.3) is 0 Å². The van der Waals surface area contributed by atoms with Crippen molar-refractivity contribution in [3.63, 3.8) is 0 Å². The Labute approximate surface area is 88.1 Å². The van der Waals surface area contributed by atoms with Gasteiger partial charge in [0.25, 0.3) is 0 Å². The minimum atomic E-state index is -0.983. The van der Waals surface area contributed by atoms with Gasteiger partial charge >= 0.3 is 43.9 Å². The van der Waals surface area contributed by atoms with Crippen molar-refractivity contribution >= 4 is 43.9 Å². The summed E-state index contributed by atoms with van der Waals surface area (Å²) in [7, 11) is 0. The van der Waals surface area contributed by atoms with Gasteiger partial charge in [0.15, 0.2) is 0 Å². The Morgan fingerprint density at radius 1 is 1.60 bits per heavy atom. The Morgan fingerprint density at radius 3 is 2.60 bits per heavy atom. The first kappa shape index (κ1) is 13.0. The molecule has 58 valence electrons. The molecule has 5 N–H and O–H groups in total. The van der Waals surface area contributed by atoms with Gasteiger partial charge in [0.05, 0.1) is 0 Å². The molecule has 0 saturated heterocycles. The van der Waals surface area contributed by atoms with E-state index in [0.717, 1.165) is 0 Å². The quantitative estimate of drug-likeness (QED) is 0.251. The summed E-state index contributed by atoms with van der Waals surface area (Å²) < 4.78 is 0. The Bertz CT molecular complexity index is 91.1. The molecular weight excluding hydrogens is 166 g/mol. The fourth-order valence-electron chi connectivity index (χ4n) is 0.193. The maximum absolute atomic E-state index is 10.0. The molecule has 0 aliphatic rings. The fraction of sp³-hybridized carbons (Fsp3) is 0.667. The first-order valence-corrected chi connectivity index (χ1v) is 2.31. The molecule has 10 heavy (non-hydrogen) atoms. The number of carbonyl (C=O) groups excluding carboxylic acids is 1. The van der Waals surface area contributed by atoms with Gasteiger partial charge in [-0.05, 0) is 0 Å². The molecule has 0 aromatic heterocycles. The monoisotopic (exact) mass is 177 g/mol. The van der Waals surface area contributed by atoms with Gasteiger partial charge in [-0.3, -0.25) is 0 Å². The van der Waals surface area contributed by atoms with Crippen LogP contribution in [0.2, 0.25) is 0 Å². The third-order valence-corrected chi connectivity index (χ3v) is 0.498. The molecule has 0 unspecified atom stereocenters. The van der Waals surface area contributed by atoms with Crippen LogP contribution in [0.1, 0.15) is 0 Å². The summed E-state index contributed by atoms with van der Waals surface area (Å²) in [6.07, 6.45) is -0.983. The zero-order chi connectivity index (χ0) is 7.11. The van der Waals surface area contributed by atoms with Crippen molar-refractivity contribution in [2.75, 3.05) is 13.1 Å². The molecule has 0 radical (unpaired) electrons. The van der Waals surface area contributed by atoms with E-state index in [4.69, 9.17) is 5.73 Å². The maximum atomic E-state index is 10.0. The molecule has 0 fully saturated rings. The van der Waals surface area contributed by atoms with Crippen LogP contribution < -0.4 is 17.1 Å². The average Bonchev–Trinajstić information content (AvgIpc) is 1.89. The van der Waals surface area contributed by atoms with E-state index in [9.17, 15) is 4.79 Å². The van der Waals surface area contributed by atoms with Gasteiger partial charge in [-0.2, -0.15) is 10.7 Å². The molecule has 0 aromatic carbocycles. The predicted molar refractivity (Wildman–Crippen MR) is 37.4 cm³/mol. The van der Waals surface area contributed by atoms with Crippen LogP contribution >= 0.6 is 0 Å². The SMILES string of the molecule is NCCNOC(=O)ON.[CaH2]. The third-order valence-electron chi connectivity index (χ3n) is 0.498. The van der Waals surface area contributed by atoms with E-state index in [2.05, 4.69) is 21.1 Å². The minimum absolute atomic E-state index is 0. The van der Waals surface area contributed by atoms with Gasteiger partial charge in [0.1, 0.15) is 0 Å². The summed E-state index contributed by atoms with van der Waals surface area (Å²) in [6, 6.07) is 0. The number of hydroxylamine groups is 1. The van der Waals surface area contributed by atoms with E-state index in [1.54, 1.807) is 0 Å². The Kier molecular flexibility index (Phi) is 12.3. The number of nitrogens with one attached hydrogen (secondary N) is 1. The topological polar surface area (TPSA) is 99.6 Å². The van der Waals surface area contributed by atoms with Crippen molar-refractivity contribution in [3.05, 3.63) is 0 Å². The van der Waals surface area contributed by atoms with E-state index in [1.807, 2.05) is 0 Å². The molecule has 0 saturated carbocycles. The molecule has 0 atom stereocenters. The molecule has 0 rings (SSSR count). The average molecular weight is 177 g/mol. The van der Waals surface area contributed by atoms with Crippen LogP contribution in [0.4, 0.5) is 4.79 Å². The van der Waals surface area contributed by atoms with E-state index in [1.165, 1.54) is 0 Å². The number of nitrogens with two attached hydrogens (primary N) is 2. The van der Waals surface area contributed by atoms with Gasteiger partial charge in [0.2, 0.25) is 0 Å². The van der Waals surface area contributed by atoms with Crippen LogP contribution in [0.5, 0.6) is 0 Å². The summed E-state index contributed by atoms with van der Waals surface area (Å²) in [5.74, 6) is 4.41. The van der Waals surface area contributed by atoms with Gasteiger partial charge in [-0.15, -0.1) is 5.48 Å². The molecule has 7 heteroatoms. The van der Waals surface area contributed by atoms with Crippen molar-refractivity contribution < 1.29 is 14.5 Å². The van der Waals surface area contributed by atoms with Crippen LogP contribution in [-0.2, 0) is 9.68 Å². The van der Waals surface area contributed by atoms with Gasteiger partial charge in [0, 0.05) is 13.1 Å². The summed E-state index contributed by atoms with van der Waals surface area (Å²) in [5, 5.41) is 0. The Balaban J connectivity index is 0. The van der Waals surface area contributed by atoms with E-state index >= 15 is 0 Å². The van der Waals surface area contributed by atoms with Gasteiger partial charge < -0.3 is 15.4 Å². The number of carbonyl (C=O) groups is 1. The van der Waals surface area contributed by atoms with Crippen molar-refractivity contribution in [1.29, 1.82) is 0 Å². The molecule has 0 aliphatic heterocycles. The summed E-state index contributed by atoms with van der Waals surface area (Å²) in [5.41, 5.74) is 7.24. The normalized spacial score (nSPS) is 7.80. The standard InChI is InChI=1S/C3H9N3O3.Ca.2H/c4-1-2-6-9-3(7)8-5;;;/h6H,1-2,4-5H2;;;. The van der Waals surface area contributed by atoms with Crippen molar-refractivity contribution in [3.8, 4) is 0 Å². The number of hydrogen-bond donors (Lipinski definition) is 3. The van der Waals surface area contributed by atoms with Crippen LogP contribution in [0, 0.1) is 0 Å². The van der Waals surface area contributed by atoms with Gasteiger partial charge in [-0.25, -0.2) is 0 Å². The first-order chi connectivity index (χ1) is 4.31. The zero-order valence-corrected chi connectivity index (χ0v) is 4.79. The summed E-state index contributed by atoms with van der Waals surface area (Å²) in [4.78, 5) is 17.8. The van der Waals surface area contributed by atoms with Crippen molar-refractivity contribution in [2.45, 2.75) is 0 Å². The predicted octanol–water partition coefficient (Wildman–Crippen LogP) is -2.44. The molecular formula is C3H11CaN3O3. The molecule has 0 bridgehead atoms. The van der Waals surface area contributed by atoms with Crippen LogP contribution in [0.15, 0.2) is 0 Å². The first-order valence-electron chi connectivity index (χ1n) is 2.31. The Hall–Kier alpha value is 0.410. The fourth-order valence-corrected chi connectivity index (χ4v) is 0.193. The molecule has 0 amide bonds. The second-order valence-electron chi connectivity index (χ2n) is 1.15. The Morgan fingerprint density at radius 2 is 2.20 bits per heavy atom. The molecule has 0 spiro atoms. The van der Waals surface area contributed by atoms with Crippen LogP contribution in [0.3, 0.4) is 0 Å². The van der Waals surface area contributed by atoms with E-state index in [0.29, 0.717) is 13.1 Å². The molecule has 0 heterocycles. The summed E-state index contributed by atoms with van der Waals surface area (Å²) in [6.45, 7) is 0.743. The van der Waals surface area contributed by atoms with Crippen molar-refractivity contribution in [2.24, 2.45) is 11.6 Å². The van der Waals surface area contributed by atoms with Gasteiger partial charge in [-0.1, -0.05) is 0 Å². The zero-order valence-electron chi connectivity index (χ0n) is 4.79. The second-order valence-corrected chi connectivity index (χ2v) is 1.15. The molecule has 0 aromatic rings. The second kappa shape index (κ2) is 9.41. The van der Waals surface area contributed by atoms with E-state index < -0.39 is 6.16 Å². The molecule has 0 aliphatic carbocycles. The third kappa shape index (κ3) is 8.41. The van der Waals surface area contributed by atoms with Crippen LogP contribution in [-0.4, -0.2) is 57.0 Å². The molecule has 6 nitrogen and oxygen atoms in total. The number of rotatable bonds is 3. The van der Waals surface area contributed by atoms with Crippen molar-refractivity contribution in [1.82, 2.24) is 5.48 Å².